The number of aryl methyl sites for hydroxylation is 1. The van der Waals surface area contributed by atoms with E-state index < -0.39 is 0 Å². The van der Waals surface area contributed by atoms with Crippen LogP contribution >= 0.6 is 11.3 Å². The first kappa shape index (κ1) is 14.8. The third-order valence-corrected chi connectivity index (χ3v) is 5.23. The SMILES string of the molecule is Cc1ccc(CN2CCC(Cc3cccc(CO)c3)C2)s1. The van der Waals surface area contributed by atoms with Crippen molar-refractivity contribution in [1.82, 2.24) is 4.90 Å². The molecule has 1 saturated heterocycles. The molecule has 112 valence electrons. The molecule has 1 aliphatic heterocycles. The van der Waals surface area contributed by atoms with Gasteiger partial charge in [-0.1, -0.05) is 24.3 Å². The Kier molecular flexibility index (Phi) is 4.73. The molecule has 1 aliphatic rings. The minimum absolute atomic E-state index is 0.141. The minimum Gasteiger partial charge on any atom is -0.392 e. The van der Waals surface area contributed by atoms with Gasteiger partial charge in [-0.05, 0) is 55.5 Å². The first-order valence-electron chi connectivity index (χ1n) is 7.69. The second kappa shape index (κ2) is 6.73. The van der Waals surface area contributed by atoms with Gasteiger partial charge >= 0.3 is 0 Å². The highest BCUT2D eigenvalue weighted by molar-refractivity contribution is 7.11. The Hall–Kier alpha value is -1.16. The third kappa shape index (κ3) is 3.94. The van der Waals surface area contributed by atoms with Crippen LogP contribution in [-0.4, -0.2) is 23.1 Å². The van der Waals surface area contributed by atoms with Crippen molar-refractivity contribution in [1.29, 1.82) is 0 Å². The molecule has 1 aromatic heterocycles. The zero-order chi connectivity index (χ0) is 14.7. The third-order valence-electron chi connectivity index (χ3n) is 4.24. The lowest BCUT2D eigenvalue weighted by Crippen LogP contribution is -2.20. The minimum atomic E-state index is 0.141. The average molecular weight is 301 g/mol. The molecule has 0 radical (unpaired) electrons. The Labute approximate surface area is 131 Å². The van der Waals surface area contributed by atoms with E-state index in [1.54, 1.807) is 0 Å². The molecule has 2 nitrogen and oxygen atoms in total. The van der Waals surface area contributed by atoms with Crippen molar-refractivity contribution in [3.8, 4) is 0 Å². The van der Waals surface area contributed by atoms with Crippen molar-refractivity contribution in [3.05, 3.63) is 57.3 Å². The van der Waals surface area contributed by atoms with Crippen LogP contribution in [0.25, 0.3) is 0 Å². The first-order chi connectivity index (χ1) is 10.2. The number of nitrogens with zero attached hydrogens (tertiary/aromatic N) is 1. The van der Waals surface area contributed by atoms with Gasteiger partial charge in [0.15, 0.2) is 0 Å². The molecular weight excluding hydrogens is 278 g/mol. The van der Waals surface area contributed by atoms with E-state index in [0.29, 0.717) is 0 Å². The summed E-state index contributed by atoms with van der Waals surface area (Å²) in [6.07, 6.45) is 2.42. The summed E-state index contributed by atoms with van der Waals surface area (Å²) in [7, 11) is 0. The van der Waals surface area contributed by atoms with Gasteiger partial charge in [0.1, 0.15) is 0 Å². The summed E-state index contributed by atoms with van der Waals surface area (Å²) in [5.74, 6) is 0.750. The Morgan fingerprint density at radius 3 is 2.86 bits per heavy atom. The molecule has 2 aromatic rings. The second-order valence-electron chi connectivity index (χ2n) is 6.08. The van der Waals surface area contributed by atoms with Gasteiger partial charge in [-0.25, -0.2) is 0 Å². The summed E-state index contributed by atoms with van der Waals surface area (Å²) in [5, 5.41) is 9.22. The average Bonchev–Trinajstić information content (AvgIpc) is 3.09. The van der Waals surface area contributed by atoms with E-state index in [2.05, 4.69) is 42.2 Å². The van der Waals surface area contributed by atoms with Gasteiger partial charge in [-0.2, -0.15) is 0 Å². The van der Waals surface area contributed by atoms with E-state index in [1.165, 1.54) is 34.8 Å². The molecule has 0 aliphatic carbocycles. The molecule has 3 heteroatoms. The lowest BCUT2D eigenvalue weighted by Gasteiger charge is -2.15. The fraction of sp³-hybridized carbons (Fsp3) is 0.444. The lowest BCUT2D eigenvalue weighted by molar-refractivity contribution is 0.281. The molecule has 3 rings (SSSR count). The van der Waals surface area contributed by atoms with Crippen LogP contribution in [0.5, 0.6) is 0 Å². The summed E-state index contributed by atoms with van der Waals surface area (Å²) < 4.78 is 0. The molecule has 2 heterocycles. The van der Waals surface area contributed by atoms with Gasteiger partial charge in [0, 0.05) is 22.8 Å². The summed E-state index contributed by atoms with van der Waals surface area (Å²) in [6.45, 7) is 5.82. The normalized spacial score (nSPS) is 19.2. The van der Waals surface area contributed by atoms with Gasteiger partial charge in [0.2, 0.25) is 0 Å². The van der Waals surface area contributed by atoms with Crippen LogP contribution in [0, 0.1) is 12.8 Å². The number of rotatable bonds is 5. The standard InChI is InChI=1S/C18H23NOS/c1-14-5-6-18(21-14)12-19-8-7-16(11-19)9-15-3-2-4-17(10-15)13-20/h2-6,10,16,20H,7-9,11-13H2,1H3. The van der Waals surface area contributed by atoms with Crippen molar-refractivity contribution in [2.45, 2.75) is 32.9 Å². The number of hydrogen-bond acceptors (Lipinski definition) is 3. The van der Waals surface area contributed by atoms with E-state index in [1.807, 2.05) is 17.4 Å². The number of thiophene rings is 1. The molecule has 1 aromatic carbocycles. The van der Waals surface area contributed by atoms with Crippen LogP contribution in [0.3, 0.4) is 0 Å². The highest BCUT2D eigenvalue weighted by atomic mass is 32.1. The zero-order valence-electron chi connectivity index (χ0n) is 12.6. The highest BCUT2D eigenvalue weighted by Crippen LogP contribution is 2.25. The van der Waals surface area contributed by atoms with E-state index in [0.717, 1.165) is 24.4 Å². The fourth-order valence-electron chi connectivity index (χ4n) is 3.20. The molecule has 1 unspecified atom stereocenters. The van der Waals surface area contributed by atoms with E-state index in [9.17, 15) is 5.11 Å². The van der Waals surface area contributed by atoms with E-state index >= 15 is 0 Å². The first-order valence-corrected chi connectivity index (χ1v) is 8.51. The number of hydrogen-bond donors (Lipinski definition) is 1. The molecule has 21 heavy (non-hydrogen) atoms. The molecule has 0 saturated carbocycles. The monoisotopic (exact) mass is 301 g/mol. The molecule has 1 fully saturated rings. The summed E-state index contributed by atoms with van der Waals surface area (Å²) in [5.41, 5.74) is 2.39. The van der Waals surface area contributed by atoms with Crippen LogP contribution < -0.4 is 0 Å². The maximum Gasteiger partial charge on any atom is 0.0681 e. The van der Waals surface area contributed by atoms with Crippen molar-refractivity contribution in [3.63, 3.8) is 0 Å². The molecule has 0 bridgehead atoms. The van der Waals surface area contributed by atoms with Gasteiger partial charge in [0.05, 0.1) is 6.61 Å². The Morgan fingerprint density at radius 1 is 1.24 bits per heavy atom. The number of likely N-dealkylation sites (tertiary alicyclic amines) is 1. The van der Waals surface area contributed by atoms with Crippen LogP contribution in [0.2, 0.25) is 0 Å². The zero-order valence-corrected chi connectivity index (χ0v) is 13.4. The Bertz CT molecular complexity index is 592. The quantitative estimate of drug-likeness (QED) is 0.912. The van der Waals surface area contributed by atoms with Crippen molar-refractivity contribution >= 4 is 11.3 Å². The Morgan fingerprint density at radius 2 is 2.10 bits per heavy atom. The molecule has 1 atom stereocenters. The largest absolute Gasteiger partial charge is 0.392 e. The topological polar surface area (TPSA) is 23.5 Å². The lowest BCUT2D eigenvalue weighted by atomic mass is 9.97. The van der Waals surface area contributed by atoms with Crippen LogP contribution in [0.4, 0.5) is 0 Å². The predicted octanol–water partition coefficient (Wildman–Crippen LogP) is 3.61. The Balaban J connectivity index is 1.54. The van der Waals surface area contributed by atoms with Gasteiger partial charge in [0.25, 0.3) is 0 Å². The second-order valence-corrected chi connectivity index (χ2v) is 7.46. The summed E-state index contributed by atoms with van der Waals surface area (Å²) in [4.78, 5) is 5.46. The van der Waals surface area contributed by atoms with Crippen LogP contribution in [0.15, 0.2) is 36.4 Å². The van der Waals surface area contributed by atoms with Gasteiger partial charge < -0.3 is 5.11 Å². The molecule has 0 amide bonds. The fourth-order valence-corrected chi connectivity index (χ4v) is 4.13. The van der Waals surface area contributed by atoms with Crippen LogP contribution in [0.1, 0.15) is 27.3 Å². The highest BCUT2D eigenvalue weighted by Gasteiger charge is 2.22. The van der Waals surface area contributed by atoms with Crippen molar-refractivity contribution in [2.75, 3.05) is 13.1 Å². The van der Waals surface area contributed by atoms with E-state index in [-0.39, 0.29) is 6.61 Å². The number of aliphatic hydroxyl groups excluding tert-OH is 1. The van der Waals surface area contributed by atoms with Gasteiger partial charge in [-0.15, -0.1) is 11.3 Å². The van der Waals surface area contributed by atoms with Crippen LogP contribution in [-0.2, 0) is 19.6 Å². The maximum absolute atomic E-state index is 9.22. The molecular formula is C18H23NOS. The van der Waals surface area contributed by atoms with Crippen molar-refractivity contribution in [2.24, 2.45) is 5.92 Å². The molecule has 0 spiro atoms. The molecule has 1 N–H and O–H groups in total. The van der Waals surface area contributed by atoms with E-state index in [4.69, 9.17) is 0 Å². The predicted molar refractivity (Wildman–Crippen MR) is 88.5 cm³/mol. The number of benzene rings is 1. The maximum atomic E-state index is 9.22. The van der Waals surface area contributed by atoms with Gasteiger partial charge in [-0.3, -0.25) is 4.90 Å². The smallest absolute Gasteiger partial charge is 0.0681 e. The summed E-state index contributed by atoms with van der Waals surface area (Å²) in [6, 6.07) is 12.9. The van der Waals surface area contributed by atoms with Crippen molar-refractivity contribution < 1.29 is 5.11 Å². The summed E-state index contributed by atoms with van der Waals surface area (Å²) >= 11 is 1.92. The number of aliphatic hydroxyl groups is 1.